The molecule has 0 aliphatic carbocycles. The number of hydrogen-bond donors (Lipinski definition) is 1. The highest BCUT2D eigenvalue weighted by Gasteiger charge is 2.30. The Morgan fingerprint density at radius 3 is 2.47 bits per heavy atom. The maximum atomic E-state index is 12.1. The maximum Gasteiger partial charge on any atom is 0.411 e. The first-order valence-electron chi connectivity index (χ1n) is 4.99. The van der Waals surface area contributed by atoms with Gasteiger partial charge < -0.3 is 15.2 Å². The molecule has 1 aromatic carbocycles. The molecule has 2 N–H and O–H groups in total. The summed E-state index contributed by atoms with van der Waals surface area (Å²) in [7, 11) is 1.44. The second-order valence-corrected chi connectivity index (χ2v) is 3.39. The van der Waals surface area contributed by atoms with E-state index in [0.29, 0.717) is 11.3 Å². The number of ether oxygens (including phenoxy) is 2. The molecule has 96 valence electrons. The highest BCUT2D eigenvalue weighted by Crippen LogP contribution is 2.28. The Morgan fingerprint density at radius 2 is 1.94 bits per heavy atom. The van der Waals surface area contributed by atoms with Crippen LogP contribution in [0, 0.1) is 0 Å². The van der Waals surface area contributed by atoms with Gasteiger partial charge in [0.15, 0.2) is 0 Å². The molecule has 0 aliphatic heterocycles. The second kappa shape index (κ2) is 5.88. The molecule has 17 heavy (non-hydrogen) atoms. The smallest absolute Gasteiger partial charge is 0.411 e. The molecule has 0 bridgehead atoms. The van der Waals surface area contributed by atoms with Crippen LogP contribution in [0.1, 0.15) is 11.7 Å². The molecule has 1 atom stereocenters. The van der Waals surface area contributed by atoms with Gasteiger partial charge in [-0.05, 0) is 6.07 Å². The van der Waals surface area contributed by atoms with E-state index in [9.17, 15) is 13.2 Å². The van der Waals surface area contributed by atoms with E-state index in [1.165, 1.54) is 7.11 Å². The third-order valence-corrected chi connectivity index (χ3v) is 2.15. The Morgan fingerprint density at radius 1 is 1.29 bits per heavy atom. The summed E-state index contributed by atoms with van der Waals surface area (Å²) < 4.78 is 46.0. The highest BCUT2D eigenvalue weighted by molar-refractivity contribution is 5.35. The quantitative estimate of drug-likeness (QED) is 0.870. The van der Waals surface area contributed by atoms with Gasteiger partial charge in [-0.15, -0.1) is 0 Å². The van der Waals surface area contributed by atoms with Crippen LogP contribution in [0.25, 0.3) is 0 Å². The summed E-state index contributed by atoms with van der Waals surface area (Å²) in [6.07, 6.45) is -5.19. The number of rotatable bonds is 5. The first-order valence-corrected chi connectivity index (χ1v) is 4.99. The molecule has 0 spiro atoms. The van der Waals surface area contributed by atoms with Crippen molar-refractivity contribution in [2.24, 2.45) is 5.73 Å². The molecular weight excluding hydrogens is 235 g/mol. The summed E-state index contributed by atoms with van der Waals surface area (Å²) in [5, 5.41) is 0. The number of para-hydroxylation sites is 1. The molecule has 0 aliphatic rings. The number of methoxy groups -OCH3 is 1. The van der Waals surface area contributed by atoms with E-state index in [-0.39, 0.29) is 6.54 Å². The standard InChI is InChI=1S/C11H14F3NO2/c1-16-9-5-3-2-4-8(9)10(6-15)17-7-11(12,13)14/h2-5,10H,6-7,15H2,1H3. The van der Waals surface area contributed by atoms with Crippen LogP contribution < -0.4 is 10.5 Å². The number of halogens is 3. The van der Waals surface area contributed by atoms with Gasteiger partial charge in [-0.3, -0.25) is 0 Å². The van der Waals surface area contributed by atoms with Crippen molar-refractivity contribution in [2.75, 3.05) is 20.3 Å². The van der Waals surface area contributed by atoms with E-state index < -0.39 is 18.9 Å². The average molecular weight is 249 g/mol. The summed E-state index contributed by atoms with van der Waals surface area (Å²) in [5.41, 5.74) is 5.93. The maximum absolute atomic E-state index is 12.1. The number of nitrogens with two attached hydrogens (primary N) is 1. The molecule has 1 rings (SSSR count). The Hall–Kier alpha value is -1.27. The summed E-state index contributed by atoms with van der Waals surface area (Å²) in [4.78, 5) is 0. The SMILES string of the molecule is COc1ccccc1C(CN)OCC(F)(F)F. The molecule has 6 heteroatoms. The van der Waals surface area contributed by atoms with Gasteiger partial charge in [0.1, 0.15) is 12.4 Å². The van der Waals surface area contributed by atoms with Gasteiger partial charge in [0.05, 0.1) is 13.2 Å². The number of benzene rings is 1. The molecule has 0 aromatic heterocycles. The molecule has 0 saturated carbocycles. The van der Waals surface area contributed by atoms with Crippen LogP contribution in [0.3, 0.4) is 0 Å². The molecule has 0 heterocycles. The van der Waals surface area contributed by atoms with Crippen molar-refractivity contribution in [2.45, 2.75) is 12.3 Å². The van der Waals surface area contributed by atoms with Crippen LogP contribution in [-0.4, -0.2) is 26.4 Å². The van der Waals surface area contributed by atoms with Crippen molar-refractivity contribution in [1.29, 1.82) is 0 Å². The van der Waals surface area contributed by atoms with E-state index in [1.807, 2.05) is 0 Å². The molecule has 1 aromatic rings. The Labute approximate surface area is 97.3 Å². The lowest BCUT2D eigenvalue weighted by molar-refractivity contribution is -0.185. The molecular formula is C11H14F3NO2. The van der Waals surface area contributed by atoms with Gasteiger partial charge in [-0.1, -0.05) is 18.2 Å². The van der Waals surface area contributed by atoms with E-state index in [2.05, 4.69) is 0 Å². The molecule has 0 amide bonds. The summed E-state index contributed by atoms with van der Waals surface area (Å²) >= 11 is 0. The fourth-order valence-electron chi connectivity index (χ4n) is 1.41. The zero-order chi connectivity index (χ0) is 12.9. The minimum Gasteiger partial charge on any atom is -0.496 e. The lowest BCUT2D eigenvalue weighted by Gasteiger charge is -2.19. The lowest BCUT2D eigenvalue weighted by Crippen LogP contribution is -2.23. The van der Waals surface area contributed by atoms with Gasteiger partial charge >= 0.3 is 6.18 Å². The van der Waals surface area contributed by atoms with Crippen molar-refractivity contribution in [3.8, 4) is 5.75 Å². The van der Waals surface area contributed by atoms with Crippen molar-refractivity contribution >= 4 is 0 Å². The van der Waals surface area contributed by atoms with Crippen molar-refractivity contribution in [1.82, 2.24) is 0 Å². The monoisotopic (exact) mass is 249 g/mol. The van der Waals surface area contributed by atoms with Gasteiger partial charge in [-0.25, -0.2) is 0 Å². The third-order valence-electron chi connectivity index (χ3n) is 2.15. The third kappa shape index (κ3) is 4.24. The second-order valence-electron chi connectivity index (χ2n) is 3.39. The summed E-state index contributed by atoms with van der Waals surface area (Å²) in [6.45, 7) is -1.37. The predicted octanol–water partition coefficient (Wildman–Crippen LogP) is 2.27. The van der Waals surface area contributed by atoms with Crippen LogP contribution in [0.2, 0.25) is 0 Å². The highest BCUT2D eigenvalue weighted by atomic mass is 19.4. The largest absolute Gasteiger partial charge is 0.496 e. The topological polar surface area (TPSA) is 44.5 Å². The minimum absolute atomic E-state index is 0.0452. The molecule has 0 saturated heterocycles. The Kier molecular flexibility index (Phi) is 4.77. The fraction of sp³-hybridized carbons (Fsp3) is 0.455. The lowest BCUT2D eigenvalue weighted by atomic mass is 10.1. The number of alkyl halides is 3. The van der Waals surface area contributed by atoms with E-state index in [0.717, 1.165) is 0 Å². The Bertz CT molecular complexity index is 355. The first kappa shape index (κ1) is 13.8. The van der Waals surface area contributed by atoms with Crippen LogP contribution >= 0.6 is 0 Å². The molecule has 1 unspecified atom stereocenters. The van der Waals surface area contributed by atoms with Gasteiger partial charge in [0, 0.05) is 12.1 Å². The summed E-state index contributed by atoms with van der Waals surface area (Å²) in [5.74, 6) is 0.463. The number of hydrogen-bond acceptors (Lipinski definition) is 3. The zero-order valence-electron chi connectivity index (χ0n) is 9.33. The van der Waals surface area contributed by atoms with Crippen LogP contribution in [0.4, 0.5) is 13.2 Å². The first-order chi connectivity index (χ1) is 7.98. The van der Waals surface area contributed by atoms with Gasteiger partial charge in [0.2, 0.25) is 0 Å². The molecule has 3 nitrogen and oxygen atoms in total. The van der Waals surface area contributed by atoms with E-state index >= 15 is 0 Å². The minimum atomic E-state index is -4.37. The van der Waals surface area contributed by atoms with Crippen molar-refractivity contribution in [3.05, 3.63) is 29.8 Å². The van der Waals surface area contributed by atoms with Crippen LogP contribution in [-0.2, 0) is 4.74 Å². The van der Waals surface area contributed by atoms with Gasteiger partial charge in [0.25, 0.3) is 0 Å². The fourth-order valence-corrected chi connectivity index (χ4v) is 1.41. The van der Waals surface area contributed by atoms with E-state index in [4.69, 9.17) is 15.2 Å². The van der Waals surface area contributed by atoms with Crippen molar-refractivity contribution in [3.63, 3.8) is 0 Å². The van der Waals surface area contributed by atoms with Crippen molar-refractivity contribution < 1.29 is 22.6 Å². The Balaban J connectivity index is 2.79. The molecule has 0 radical (unpaired) electrons. The zero-order valence-corrected chi connectivity index (χ0v) is 9.33. The van der Waals surface area contributed by atoms with E-state index in [1.54, 1.807) is 24.3 Å². The molecule has 0 fully saturated rings. The average Bonchev–Trinajstić information content (AvgIpc) is 2.29. The summed E-state index contributed by atoms with van der Waals surface area (Å²) in [6, 6.07) is 6.69. The predicted molar refractivity (Wildman–Crippen MR) is 56.8 cm³/mol. The van der Waals surface area contributed by atoms with Gasteiger partial charge in [-0.2, -0.15) is 13.2 Å². The van der Waals surface area contributed by atoms with Crippen LogP contribution in [0.5, 0.6) is 5.75 Å². The van der Waals surface area contributed by atoms with Crippen LogP contribution in [0.15, 0.2) is 24.3 Å². The normalized spacial score (nSPS) is 13.5.